The molecule has 0 spiro atoms. The van der Waals surface area contributed by atoms with Gasteiger partial charge in [0.1, 0.15) is 5.82 Å². The zero-order valence-corrected chi connectivity index (χ0v) is 9.47. The lowest BCUT2D eigenvalue weighted by atomic mass is 10.1. The molecule has 1 atom stereocenters. The first-order valence-corrected chi connectivity index (χ1v) is 5.92. The van der Waals surface area contributed by atoms with E-state index in [1.54, 1.807) is 10.6 Å². The first kappa shape index (κ1) is 10.5. The van der Waals surface area contributed by atoms with Crippen LogP contribution in [0.2, 0.25) is 0 Å². The Morgan fingerprint density at radius 2 is 2.12 bits per heavy atom. The van der Waals surface area contributed by atoms with E-state index in [4.69, 9.17) is 0 Å². The Bertz CT molecular complexity index is 618. The van der Waals surface area contributed by atoms with E-state index in [-0.39, 0.29) is 11.7 Å². The molecule has 0 radical (unpaired) electrons. The Morgan fingerprint density at radius 1 is 1.29 bits per heavy atom. The molecule has 1 aromatic heterocycles. The summed E-state index contributed by atoms with van der Waals surface area (Å²) in [5, 5.41) is 10.3. The number of hydrogen-bond donors (Lipinski definition) is 1. The standard InChI is InChI=1S/C13H14N2O2/c16-9-5-6-12-14-11-4-2-1-3-10(11)13(17)15(12)8-7-9/h1-4,9,16H,5-8H2. The SMILES string of the molecule is O=c1c2ccccc2nc2n1CCC(O)CC2. The topological polar surface area (TPSA) is 55.1 Å². The van der Waals surface area contributed by atoms with Crippen molar-refractivity contribution in [2.24, 2.45) is 0 Å². The summed E-state index contributed by atoms with van der Waals surface area (Å²) in [6.07, 6.45) is 1.66. The van der Waals surface area contributed by atoms with Crippen molar-refractivity contribution in [2.45, 2.75) is 31.9 Å². The molecule has 4 heteroatoms. The van der Waals surface area contributed by atoms with Crippen LogP contribution in [0.4, 0.5) is 0 Å². The van der Waals surface area contributed by atoms with Gasteiger partial charge >= 0.3 is 0 Å². The monoisotopic (exact) mass is 230 g/mol. The second kappa shape index (κ2) is 3.96. The summed E-state index contributed by atoms with van der Waals surface area (Å²) in [6.45, 7) is 0.563. The largest absolute Gasteiger partial charge is 0.393 e. The van der Waals surface area contributed by atoms with Gasteiger partial charge in [0.25, 0.3) is 5.56 Å². The van der Waals surface area contributed by atoms with Crippen LogP contribution in [-0.2, 0) is 13.0 Å². The number of rotatable bonds is 0. The van der Waals surface area contributed by atoms with Gasteiger partial charge in [-0.05, 0) is 25.0 Å². The fourth-order valence-corrected chi connectivity index (χ4v) is 2.35. The maximum atomic E-state index is 12.3. The number of aromatic nitrogens is 2. The number of aliphatic hydroxyl groups excluding tert-OH is 1. The lowest BCUT2D eigenvalue weighted by Gasteiger charge is -2.09. The minimum absolute atomic E-state index is 0.0136. The molecule has 0 aliphatic carbocycles. The molecule has 88 valence electrons. The van der Waals surface area contributed by atoms with Crippen molar-refractivity contribution >= 4 is 10.9 Å². The van der Waals surface area contributed by atoms with Gasteiger partial charge in [0.15, 0.2) is 0 Å². The minimum Gasteiger partial charge on any atom is -0.393 e. The van der Waals surface area contributed by atoms with Gasteiger partial charge in [-0.1, -0.05) is 12.1 Å². The molecule has 1 N–H and O–H groups in total. The van der Waals surface area contributed by atoms with Crippen molar-refractivity contribution in [1.82, 2.24) is 9.55 Å². The normalized spacial score (nSPS) is 19.9. The third-order valence-corrected chi connectivity index (χ3v) is 3.33. The highest BCUT2D eigenvalue weighted by atomic mass is 16.3. The van der Waals surface area contributed by atoms with Crippen LogP contribution in [0.1, 0.15) is 18.7 Å². The van der Waals surface area contributed by atoms with E-state index in [1.165, 1.54) is 0 Å². The number of fused-ring (bicyclic) bond motifs is 2. The molecule has 1 aromatic carbocycles. The zero-order valence-electron chi connectivity index (χ0n) is 9.47. The van der Waals surface area contributed by atoms with Gasteiger partial charge in [-0.3, -0.25) is 9.36 Å². The summed E-state index contributed by atoms with van der Waals surface area (Å²) in [5.41, 5.74) is 0.764. The van der Waals surface area contributed by atoms with Gasteiger partial charge in [-0.15, -0.1) is 0 Å². The van der Waals surface area contributed by atoms with Crippen LogP contribution < -0.4 is 5.56 Å². The quantitative estimate of drug-likeness (QED) is 0.737. The van der Waals surface area contributed by atoms with Gasteiger partial charge in [-0.2, -0.15) is 0 Å². The smallest absolute Gasteiger partial charge is 0.261 e. The van der Waals surface area contributed by atoms with Crippen LogP contribution in [0, 0.1) is 0 Å². The maximum Gasteiger partial charge on any atom is 0.261 e. The van der Waals surface area contributed by atoms with Crippen LogP contribution >= 0.6 is 0 Å². The predicted molar refractivity (Wildman–Crippen MR) is 64.9 cm³/mol. The van der Waals surface area contributed by atoms with Gasteiger partial charge in [-0.25, -0.2) is 4.98 Å². The van der Waals surface area contributed by atoms with E-state index in [9.17, 15) is 9.90 Å². The molecule has 0 saturated heterocycles. The predicted octanol–water partition coefficient (Wildman–Crippen LogP) is 1.09. The number of hydrogen-bond acceptors (Lipinski definition) is 3. The molecular formula is C13H14N2O2. The average molecular weight is 230 g/mol. The highest BCUT2D eigenvalue weighted by molar-refractivity contribution is 5.77. The summed E-state index contributed by atoms with van der Waals surface area (Å²) in [7, 11) is 0. The van der Waals surface area contributed by atoms with Crippen LogP contribution in [0.5, 0.6) is 0 Å². The Hall–Kier alpha value is -1.68. The maximum absolute atomic E-state index is 12.3. The number of para-hydroxylation sites is 1. The van der Waals surface area contributed by atoms with Crippen molar-refractivity contribution < 1.29 is 5.11 Å². The molecule has 2 heterocycles. The molecule has 2 aromatic rings. The Balaban J connectivity index is 2.25. The van der Waals surface area contributed by atoms with Crippen LogP contribution in [-0.4, -0.2) is 20.8 Å². The second-order valence-electron chi connectivity index (χ2n) is 4.48. The van der Waals surface area contributed by atoms with Crippen LogP contribution in [0.15, 0.2) is 29.1 Å². The van der Waals surface area contributed by atoms with Crippen molar-refractivity contribution in [3.05, 3.63) is 40.4 Å². The number of aliphatic hydroxyl groups is 1. The molecular weight excluding hydrogens is 216 g/mol. The molecule has 0 amide bonds. The van der Waals surface area contributed by atoms with Crippen molar-refractivity contribution in [3.63, 3.8) is 0 Å². The molecule has 1 aliphatic heterocycles. The summed E-state index contributed by atoms with van der Waals surface area (Å²) in [4.78, 5) is 16.8. The van der Waals surface area contributed by atoms with E-state index in [0.717, 1.165) is 11.3 Å². The molecule has 3 rings (SSSR count). The van der Waals surface area contributed by atoms with E-state index in [2.05, 4.69) is 4.98 Å². The molecule has 1 unspecified atom stereocenters. The lowest BCUT2D eigenvalue weighted by molar-refractivity contribution is 0.155. The zero-order chi connectivity index (χ0) is 11.8. The summed E-state index contributed by atoms with van der Waals surface area (Å²) in [5.74, 6) is 0.797. The fourth-order valence-electron chi connectivity index (χ4n) is 2.35. The van der Waals surface area contributed by atoms with Crippen molar-refractivity contribution in [2.75, 3.05) is 0 Å². The lowest BCUT2D eigenvalue weighted by Crippen LogP contribution is -2.24. The molecule has 17 heavy (non-hydrogen) atoms. The van der Waals surface area contributed by atoms with Gasteiger partial charge in [0.05, 0.1) is 17.0 Å². The van der Waals surface area contributed by atoms with E-state index in [1.807, 2.05) is 18.2 Å². The molecule has 0 saturated carbocycles. The molecule has 0 fully saturated rings. The second-order valence-corrected chi connectivity index (χ2v) is 4.48. The van der Waals surface area contributed by atoms with Crippen molar-refractivity contribution in [3.8, 4) is 0 Å². The molecule has 1 aliphatic rings. The Kier molecular flexibility index (Phi) is 2.44. The summed E-state index contributed by atoms with van der Waals surface area (Å²) in [6, 6.07) is 7.40. The summed E-state index contributed by atoms with van der Waals surface area (Å²) >= 11 is 0. The van der Waals surface area contributed by atoms with Gasteiger partial charge in [0, 0.05) is 13.0 Å². The third kappa shape index (κ3) is 1.74. The number of nitrogens with zero attached hydrogens (tertiary/aromatic N) is 2. The average Bonchev–Trinajstić information content (AvgIpc) is 2.53. The van der Waals surface area contributed by atoms with Crippen molar-refractivity contribution in [1.29, 1.82) is 0 Å². The van der Waals surface area contributed by atoms with Gasteiger partial charge in [0.2, 0.25) is 0 Å². The third-order valence-electron chi connectivity index (χ3n) is 3.33. The Labute approximate surface area is 98.5 Å². The highest BCUT2D eigenvalue weighted by Gasteiger charge is 2.17. The summed E-state index contributed by atoms with van der Waals surface area (Å²) < 4.78 is 1.71. The molecule has 4 nitrogen and oxygen atoms in total. The first-order valence-electron chi connectivity index (χ1n) is 5.92. The van der Waals surface area contributed by atoms with E-state index in [0.29, 0.717) is 31.2 Å². The van der Waals surface area contributed by atoms with E-state index >= 15 is 0 Å². The van der Waals surface area contributed by atoms with Crippen LogP contribution in [0.25, 0.3) is 10.9 Å². The highest BCUT2D eigenvalue weighted by Crippen LogP contribution is 2.14. The minimum atomic E-state index is -0.320. The van der Waals surface area contributed by atoms with Gasteiger partial charge < -0.3 is 5.11 Å². The molecule has 0 bridgehead atoms. The van der Waals surface area contributed by atoms with Crippen LogP contribution in [0.3, 0.4) is 0 Å². The fraction of sp³-hybridized carbons (Fsp3) is 0.385. The number of benzene rings is 1. The number of aryl methyl sites for hydroxylation is 1. The van der Waals surface area contributed by atoms with E-state index < -0.39 is 0 Å². The Morgan fingerprint density at radius 3 is 3.00 bits per heavy atom. The first-order chi connectivity index (χ1) is 8.25.